The molecule has 23 heavy (non-hydrogen) atoms. The third kappa shape index (κ3) is 2.86. The molecule has 3 atom stereocenters. The number of thiazole rings is 1. The summed E-state index contributed by atoms with van der Waals surface area (Å²) in [7, 11) is 0. The number of fused-ring (bicyclic) bond motifs is 1. The van der Waals surface area contributed by atoms with Crippen LogP contribution in [0.5, 0.6) is 0 Å². The maximum absolute atomic E-state index is 12.5. The number of hydrogen-bond acceptors (Lipinski definition) is 6. The van der Waals surface area contributed by atoms with Gasteiger partial charge in [0.25, 0.3) is 5.91 Å². The van der Waals surface area contributed by atoms with E-state index in [4.69, 9.17) is 4.74 Å². The van der Waals surface area contributed by atoms with Gasteiger partial charge in [0.1, 0.15) is 11.1 Å². The van der Waals surface area contributed by atoms with Gasteiger partial charge < -0.3 is 9.64 Å². The van der Waals surface area contributed by atoms with Crippen LogP contribution in [0.15, 0.2) is 23.8 Å². The van der Waals surface area contributed by atoms with Crippen LogP contribution in [0.3, 0.4) is 0 Å². The lowest BCUT2D eigenvalue weighted by atomic mass is 9.91. The van der Waals surface area contributed by atoms with E-state index in [9.17, 15) is 4.79 Å². The zero-order valence-corrected chi connectivity index (χ0v) is 13.7. The lowest BCUT2D eigenvalue weighted by Crippen LogP contribution is -2.45. The number of piperidine rings is 1. The van der Waals surface area contributed by atoms with Crippen molar-refractivity contribution in [2.45, 2.75) is 32.0 Å². The first-order valence-corrected chi connectivity index (χ1v) is 8.72. The van der Waals surface area contributed by atoms with Crippen LogP contribution < -0.4 is 0 Å². The second kappa shape index (κ2) is 5.98. The molecular weight excluding hydrogens is 312 g/mol. The number of rotatable bonds is 2. The number of carbonyl (C=O) groups excluding carboxylic acids is 1. The average Bonchev–Trinajstić information content (AvgIpc) is 3.20. The fourth-order valence-corrected chi connectivity index (χ4v) is 4.24. The molecule has 2 fully saturated rings. The summed E-state index contributed by atoms with van der Waals surface area (Å²) in [6.45, 7) is 3.42. The van der Waals surface area contributed by atoms with Gasteiger partial charge in [0.15, 0.2) is 0 Å². The van der Waals surface area contributed by atoms with Crippen LogP contribution in [0.2, 0.25) is 0 Å². The van der Waals surface area contributed by atoms with E-state index >= 15 is 0 Å². The minimum atomic E-state index is 0.00972. The number of hydrogen-bond donors (Lipinski definition) is 0. The predicted molar refractivity (Wildman–Crippen MR) is 85.1 cm³/mol. The summed E-state index contributed by atoms with van der Waals surface area (Å²) < 4.78 is 6.21. The molecule has 4 rings (SSSR count). The standard InChI is InChI=1S/C16H18N4O2S/c1-10-9-23-15(19-10)13-6-11-3-5-20(8-14(11)22-13)16(21)12-2-4-17-18-7-12/h2,4,7,9,11,13-14H,3,5-6,8H2,1H3/t11-,13+,14+/m0/s1. The number of aromatic nitrogens is 3. The van der Waals surface area contributed by atoms with Gasteiger partial charge in [-0.25, -0.2) is 4.98 Å². The maximum Gasteiger partial charge on any atom is 0.255 e. The Kier molecular flexibility index (Phi) is 3.82. The zero-order chi connectivity index (χ0) is 15.8. The number of carbonyl (C=O) groups is 1. The van der Waals surface area contributed by atoms with E-state index in [2.05, 4.69) is 20.6 Å². The fourth-order valence-electron chi connectivity index (χ4n) is 3.39. The molecule has 2 aromatic heterocycles. The molecule has 0 aliphatic carbocycles. The minimum Gasteiger partial charge on any atom is -0.366 e. The summed E-state index contributed by atoms with van der Waals surface area (Å²) in [6.07, 6.45) is 5.25. The molecule has 1 amide bonds. The number of likely N-dealkylation sites (tertiary alicyclic amines) is 1. The van der Waals surface area contributed by atoms with Crippen LogP contribution in [0.25, 0.3) is 0 Å². The molecule has 0 bridgehead atoms. The van der Waals surface area contributed by atoms with Crippen LogP contribution in [0.4, 0.5) is 0 Å². The molecule has 2 aliphatic rings. The average molecular weight is 330 g/mol. The van der Waals surface area contributed by atoms with E-state index in [1.54, 1.807) is 23.6 Å². The van der Waals surface area contributed by atoms with Crippen molar-refractivity contribution in [1.29, 1.82) is 0 Å². The van der Waals surface area contributed by atoms with Crippen LogP contribution >= 0.6 is 11.3 Å². The van der Waals surface area contributed by atoms with Gasteiger partial charge in [0, 0.05) is 24.2 Å². The first-order chi connectivity index (χ1) is 11.2. The van der Waals surface area contributed by atoms with Gasteiger partial charge in [-0.2, -0.15) is 10.2 Å². The second-order valence-corrected chi connectivity index (χ2v) is 7.05. The maximum atomic E-state index is 12.5. The van der Waals surface area contributed by atoms with Gasteiger partial charge >= 0.3 is 0 Å². The monoisotopic (exact) mass is 330 g/mol. The van der Waals surface area contributed by atoms with Gasteiger partial charge in [0.05, 0.1) is 24.1 Å². The molecule has 4 heterocycles. The molecule has 7 heteroatoms. The Hall–Kier alpha value is -1.86. The normalized spacial score (nSPS) is 27.0. The molecular formula is C16H18N4O2S. The largest absolute Gasteiger partial charge is 0.366 e. The number of aryl methyl sites for hydroxylation is 1. The minimum absolute atomic E-state index is 0.00972. The Labute approximate surface area is 138 Å². The van der Waals surface area contributed by atoms with Crippen molar-refractivity contribution in [2.24, 2.45) is 5.92 Å². The number of nitrogens with zero attached hydrogens (tertiary/aromatic N) is 4. The van der Waals surface area contributed by atoms with E-state index < -0.39 is 0 Å². The summed E-state index contributed by atoms with van der Waals surface area (Å²) in [6, 6.07) is 1.71. The lowest BCUT2D eigenvalue weighted by Gasteiger charge is -2.34. The summed E-state index contributed by atoms with van der Waals surface area (Å²) in [4.78, 5) is 19.0. The van der Waals surface area contributed by atoms with Crippen LogP contribution in [-0.2, 0) is 4.74 Å². The van der Waals surface area contributed by atoms with Crippen molar-refractivity contribution < 1.29 is 9.53 Å². The van der Waals surface area contributed by atoms with Gasteiger partial charge in [-0.15, -0.1) is 11.3 Å². The summed E-state index contributed by atoms with van der Waals surface area (Å²) in [5.74, 6) is 0.527. The molecule has 120 valence electrons. The van der Waals surface area contributed by atoms with E-state index in [0.29, 0.717) is 18.0 Å². The van der Waals surface area contributed by atoms with Crippen molar-refractivity contribution >= 4 is 17.2 Å². The predicted octanol–water partition coefficient (Wildman–Crippen LogP) is 2.23. The summed E-state index contributed by atoms with van der Waals surface area (Å²) in [5.41, 5.74) is 1.63. The van der Waals surface area contributed by atoms with Crippen LogP contribution in [0.1, 0.15) is 40.0 Å². The van der Waals surface area contributed by atoms with Crippen molar-refractivity contribution in [3.63, 3.8) is 0 Å². The highest BCUT2D eigenvalue weighted by Crippen LogP contribution is 2.41. The van der Waals surface area contributed by atoms with E-state index in [0.717, 1.165) is 30.1 Å². The molecule has 0 spiro atoms. The van der Waals surface area contributed by atoms with Crippen LogP contribution in [0, 0.1) is 12.8 Å². The van der Waals surface area contributed by atoms with Crippen molar-refractivity contribution in [3.8, 4) is 0 Å². The first kappa shape index (κ1) is 14.7. The van der Waals surface area contributed by atoms with E-state index in [1.165, 1.54) is 6.20 Å². The third-order valence-electron chi connectivity index (χ3n) is 4.58. The van der Waals surface area contributed by atoms with Gasteiger partial charge in [-0.1, -0.05) is 0 Å². The Morgan fingerprint density at radius 2 is 2.35 bits per heavy atom. The Morgan fingerprint density at radius 3 is 3.09 bits per heavy atom. The fraction of sp³-hybridized carbons (Fsp3) is 0.500. The molecule has 0 aromatic carbocycles. The van der Waals surface area contributed by atoms with Crippen molar-refractivity contribution in [2.75, 3.05) is 13.1 Å². The first-order valence-electron chi connectivity index (χ1n) is 7.84. The molecule has 0 radical (unpaired) electrons. The highest BCUT2D eigenvalue weighted by molar-refractivity contribution is 7.09. The Morgan fingerprint density at radius 1 is 1.43 bits per heavy atom. The van der Waals surface area contributed by atoms with E-state index in [1.807, 2.05) is 11.8 Å². The topological polar surface area (TPSA) is 68.2 Å². The second-order valence-electron chi connectivity index (χ2n) is 6.16. The van der Waals surface area contributed by atoms with Gasteiger partial charge in [-0.3, -0.25) is 4.79 Å². The van der Waals surface area contributed by atoms with E-state index in [-0.39, 0.29) is 18.1 Å². The van der Waals surface area contributed by atoms with Gasteiger partial charge in [-0.05, 0) is 31.7 Å². The molecule has 6 nitrogen and oxygen atoms in total. The summed E-state index contributed by atoms with van der Waals surface area (Å²) >= 11 is 1.66. The highest BCUT2D eigenvalue weighted by atomic mass is 32.1. The van der Waals surface area contributed by atoms with Crippen molar-refractivity contribution in [1.82, 2.24) is 20.1 Å². The van der Waals surface area contributed by atoms with Gasteiger partial charge in [0.2, 0.25) is 0 Å². The van der Waals surface area contributed by atoms with Crippen LogP contribution in [-0.4, -0.2) is 45.2 Å². The SMILES string of the molecule is Cc1csc([C@H]2C[C@@H]3CCN(C(=O)c4ccnnc4)C[C@H]3O2)n1. The lowest BCUT2D eigenvalue weighted by molar-refractivity contribution is -0.00452. The molecule has 0 N–H and O–H groups in total. The molecule has 0 saturated carbocycles. The Balaban J connectivity index is 1.44. The highest BCUT2D eigenvalue weighted by Gasteiger charge is 2.41. The third-order valence-corrected chi connectivity index (χ3v) is 5.64. The van der Waals surface area contributed by atoms with Crippen molar-refractivity contribution in [3.05, 3.63) is 40.1 Å². The molecule has 2 aromatic rings. The number of amides is 1. The summed E-state index contributed by atoms with van der Waals surface area (Å²) in [5, 5.41) is 10.6. The number of ether oxygens (including phenoxy) is 1. The molecule has 0 unspecified atom stereocenters. The smallest absolute Gasteiger partial charge is 0.255 e. The quantitative estimate of drug-likeness (QED) is 0.845. The Bertz CT molecular complexity index is 705. The zero-order valence-electron chi connectivity index (χ0n) is 12.9. The molecule has 2 aliphatic heterocycles. The molecule has 2 saturated heterocycles.